The summed E-state index contributed by atoms with van der Waals surface area (Å²) in [4.78, 5) is 15.8. The van der Waals surface area contributed by atoms with Gasteiger partial charge in [-0.2, -0.15) is 0 Å². The van der Waals surface area contributed by atoms with Crippen LogP contribution in [0.3, 0.4) is 0 Å². The Balaban J connectivity index is 2.18. The van der Waals surface area contributed by atoms with Gasteiger partial charge in [-0.25, -0.2) is 0 Å². The molecule has 0 aliphatic carbocycles. The van der Waals surface area contributed by atoms with Crippen LogP contribution in [-0.4, -0.2) is 23.4 Å². The maximum Gasteiger partial charge on any atom is 0.241 e. The summed E-state index contributed by atoms with van der Waals surface area (Å²) in [5.74, 6) is 1.29. The average Bonchev–Trinajstić information content (AvgIpc) is 2.91. The number of rotatable bonds is 5. The molecule has 19 heavy (non-hydrogen) atoms. The third-order valence-electron chi connectivity index (χ3n) is 3.33. The molecule has 1 aromatic rings. The first-order valence-electron chi connectivity index (χ1n) is 7.09. The van der Waals surface area contributed by atoms with Gasteiger partial charge in [0.05, 0.1) is 6.04 Å². The fourth-order valence-electron chi connectivity index (χ4n) is 2.59. The molecule has 0 aromatic carbocycles. The van der Waals surface area contributed by atoms with Crippen LogP contribution in [0.4, 0.5) is 0 Å². The highest BCUT2D eigenvalue weighted by Crippen LogP contribution is 2.31. The van der Waals surface area contributed by atoms with Crippen LogP contribution < -0.4 is 5.32 Å². The monoisotopic (exact) mass is 280 g/mol. The Morgan fingerprint density at radius 1 is 1.32 bits per heavy atom. The summed E-state index contributed by atoms with van der Waals surface area (Å²) in [5.41, 5.74) is 0. The number of nitrogens with zero attached hydrogens (tertiary/aromatic N) is 1. The van der Waals surface area contributed by atoms with E-state index in [0.29, 0.717) is 11.8 Å². The van der Waals surface area contributed by atoms with E-state index in [0.717, 1.165) is 13.0 Å². The molecule has 2 atom stereocenters. The molecule has 106 valence electrons. The minimum atomic E-state index is -0.0224. The molecule has 1 aliphatic rings. The van der Waals surface area contributed by atoms with E-state index in [1.54, 1.807) is 11.3 Å². The van der Waals surface area contributed by atoms with Crippen molar-refractivity contribution < 1.29 is 4.79 Å². The molecule has 0 saturated carbocycles. The van der Waals surface area contributed by atoms with Crippen molar-refractivity contribution in [2.45, 2.75) is 46.3 Å². The maximum absolute atomic E-state index is 12.6. The molecular weight excluding hydrogens is 256 g/mol. The Morgan fingerprint density at radius 2 is 2.05 bits per heavy atom. The summed E-state index contributed by atoms with van der Waals surface area (Å²) >= 11 is 1.72. The van der Waals surface area contributed by atoms with Gasteiger partial charge in [0.1, 0.15) is 6.17 Å². The van der Waals surface area contributed by atoms with Crippen LogP contribution in [0.1, 0.15) is 45.2 Å². The highest BCUT2D eigenvalue weighted by molar-refractivity contribution is 7.10. The largest absolute Gasteiger partial charge is 0.320 e. The molecule has 4 heteroatoms. The number of hydrogen-bond acceptors (Lipinski definition) is 3. The molecule has 1 fully saturated rings. The lowest BCUT2D eigenvalue weighted by atomic mass is 10.0. The minimum Gasteiger partial charge on any atom is -0.320 e. The highest BCUT2D eigenvalue weighted by atomic mass is 32.1. The van der Waals surface area contributed by atoms with Crippen molar-refractivity contribution in [3.63, 3.8) is 0 Å². The van der Waals surface area contributed by atoms with Gasteiger partial charge in [0.15, 0.2) is 0 Å². The lowest BCUT2D eigenvalue weighted by molar-refractivity contribution is -0.130. The van der Waals surface area contributed by atoms with Gasteiger partial charge in [0, 0.05) is 11.4 Å². The Hall–Kier alpha value is -0.870. The van der Waals surface area contributed by atoms with Gasteiger partial charge in [0.25, 0.3) is 0 Å². The van der Waals surface area contributed by atoms with Crippen molar-refractivity contribution >= 4 is 17.2 Å². The molecule has 1 saturated heterocycles. The van der Waals surface area contributed by atoms with Gasteiger partial charge in [-0.15, -0.1) is 11.3 Å². The zero-order chi connectivity index (χ0) is 14.0. The van der Waals surface area contributed by atoms with Crippen molar-refractivity contribution in [3.8, 4) is 0 Å². The van der Waals surface area contributed by atoms with Gasteiger partial charge < -0.3 is 4.90 Å². The van der Waals surface area contributed by atoms with Crippen LogP contribution >= 0.6 is 11.3 Å². The summed E-state index contributed by atoms with van der Waals surface area (Å²) in [7, 11) is 0. The molecular formula is C15H24N2OS. The van der Waals surface area contributed by atoms with Crippen LogP contribution in [-0.2, 0) is 4.79 Å². The molecule has 0 spiro atoms. The molecule has 2 heterocycles. The zero-order valence-corrected chi connectivity index (χ0v) is 13.0. The van der Waals surface area contributed by atoms with E-state index in [2.05, 4.69) is 50.5 Å². The van der Waals surface area contributed by atoms with Crippen LogP contribution in [0.15, 0.2) is 17.5 Å². The fourth-order valence-corrected chi connectivity index (χ4v) is 3.39. The third kappa shape index (κ3) is 3.37. The van der Waals surface area contributed by atoms with E-state index in [1.165, 1.54) is 4.88 Å². The Labute approximate surface area is 120 Å². The SMILES string of the molecule is CC(C)CC1NC(c2cccs2)N(CC(C)C)C1=O. The molecule has 1 N–H and O–H groups in total. The summed E-state index contributed by atoms with van der Waals surface area (Å²) < 4.78 is 0. The predicted octanol–water partition coefficient (Wildman–Crippen LogP) is 3.25. The number of amides is 1. The van der Waals surface area contributed by atoms with Crippen LogP contribution in [0, 0.1) is 11.8 Å². The topological polar surface area (TPSA) is 32.3 Å². The van der Waals surface area contributed by atoms with Gasteiger partial charge in [-0.1, -0.05) is 33.8 Å². The van der Waals surface area contributed by atoms with Crippen molar-refractivity contribution in [1.29, 1.82) is 0 Å². The second-order valence-electron chi connectivity index (χ2n) is 6.15. The molecule has 0 bridgehead atoms. The molecule has 2 unspecified atom stereocenters. The number of carbonyl (C=O) groups excluding carboxylic acids is 1. The molecule has 1 aromatic heterocycles. The number of carbonyl (C=O) groups is 1. The molecule has 1 amide bonds. The van der Waals surface area contributed by atoms with Gasteiger partial charge in [-0.3, -0.25) is 10.1 Å². The average molecular weight is 280 g/mol. The molecule has 2 rings (SSSR count). The summed E-state index contributed by atoms with van der Waals surface area (Å²) in [6, 6.07) is 4.14. The first kappa shape index (κ1) is 14.5. The Bertz CT molecular complexity index is 414. The van der Waals surface area contributed by atoms with E-state index >= 15 is 0 Å². The van der Waals surface area contributed by atoms with Gasteiger partial charge in [0.2, 0.25) is 5.91 Å². The lowest BCUT2D eigenvalue weighted by Gasteiger charge is -2.25. The van der Waals surface area contributed by atoms with Gasteiger partial charge >= 0.3 is 0 Å². The van der Waals surface area contributed by atoms with E-state index in [4.69, 9.17) is 0 Å². The van der Waals surface area contributed by atoms with Gasteiger partial charge in [-0.05, 0) is 29.7 Å². The Kier molecular flexibility index (Phi) is 4.63. The van der Waals surface area contributed by atoms with Crippen molar-refractivity contribution in [2.24, 2.45) is 11.8 Å². The second kappa shape index (κ2) is 6.06. The first-order valence-corrected chi connectivity index (χ1v) is 7.97. The quantitative estimate of drug-likeness (QED) is 0.898. The van der Waals surface area contributed by atoms with Crippen LogP contribution in [0.25, 0.3) is 0 Å². The third-order valence-corrected chi connectivity index (χ3v) is 4.26. The normalized spacial score (nSPS) is 23.9. The molecule has 3 nitrogen and oxygen atoms in total. The lowest BCUT2D eigenvalue weighted by Crippen LogP contribution is -2.34. The number of thiophene rings is 1. The summed E-state index contributed by atoms with van der Waals surface area (Å²) in [6.45, 7) is 9.48. The number of nitrogens with one attached hydrogen (secondary N) is 1. The fraction of sp³-hybridized carbons (Fsp3) is 0.667. The standard InChI is InChI=1S/C15H24N2OS/c1-10(2)8-12-15(18)17(9-11(3)4)14(16-12)13-6-5-7-19-13/h5-7,10-12,14,16H,8-9H2,1-4H3. The zero-order valence-electron chi connectivity index (χ0n) is 12.2. The molecule has 0 radical (unpaired) electrons. The highest BCUT2D eigenvalue weighted by Gasteiger charge is 2.40. The smallest absolute Gasteiger partial charge is 0.241 e. The van der Waals surface area contributed by atoms with E-state index in [1.807, 2.05) is 4.90 Å². The molecule has 1 aliphatic heterocycles. The van der Waals surface area contributed by atoms with Crippen LogP contribution in [0.2, 0.25) is 0 Å². The summed E-state index contributed by atoms with van der Waals surface area (Å²) in [5, 5.41) is 5.59. The van der Waals surface area contributed by atoms with E-state index in [9.17, 15) is 4.79 Å². The second-order valence-corrected chi connectivity index (χ2v) is 7.13. The van der Waals surface area contributed by atoms with Crippen molar-refractivity contribution in [1.82, 2.24) is 10.2 Å². The Morgan fingerprint density at radius 3 is 2.58 bits per heavy atom. The first-order chi connectivity index (χ1) is 8.99. The van der Waals surface area contributed by atoms with Crippen LogP contribution in [0.5, 0.6) is 0 Å². The van der Waals surface area contributed by atoms with Crippen molar-refractivity contribution in [3.05, 3.63) is 22.4 Å². The summed E-state index contributed by atoms with van der Waals surface area (Å²) in [6.07, 6.45) is 0.980. The maximum atomic E-state index is 12.6. The minimum absolute atomic E-state index is 0.0224. The van der Waals surface area contributed by atoms with Crippen molar-refractivity contribution in [2.75, 3.05) is 6.54 Å². The number of hydrogen-bond donors (Lipinski definition) is 1. The van der Waals surface area contributed by atoms with E-state index in [-0.39, 0.29) is 18.1 Å². The van der Waals surface area contributed by atoms with E-state index < -0.39 is 0 Å². The predicted molar refractivity (Wildman–Crippen MR) is 80.0 cm³/mol.